The van der Waals surface area contributed by atoms with Gasteiger partial charge in [0.05, 0.1) is 12.6 Å². The number of imidazole rings is 1. The molecule has 0 aliphatic rings. The zero-order valence-electron chi connectivity index (χ0n) is 10.8. The molecule has 3 aromatic rings. The van der Waals surface area contributed by atoms with Crippen molar-refractivity contribution in [3.05, 3.63) is 35.9 Å². The number of nitrogens with one attached hydrogen (secondary N) is 1. The van der Waals surface area contributed by atoms with Crippen LogP contribution in [0.15, 0.2) is 30.3 Å². The van der Waals surface area contributed by atoms with Crippen LogP contribution in [0.4, 0.5) is 5.69 Å². The lowest BCUT2D eigenvalue weighted by atomic mass is 10.1. The van der Waals surface area contributed by atoms with Crippen molar-refractivity contribution < 1.29 is 4.74 Å². The van der Waals surface area contributed by atoms with E-state index in [1.807, 2.05) is 31.2 Å². The zero-order valence-corrected chi connectivity index (χ0v) is 10.8. The van der Waals surface area contributed by atoms with E-state index in [1.165, 1.54) is 0 Å². The molecule has 0 spiro atoms. The number of H-pyrrole nitrogens is 1. The second-order valence-corrected chi connectivity index (χ2v) is 4.38. The fraction of sp³-hybridized carbons (Fsp3) is 0.143. The van der Waals surface area contributed by atoms with Crippen LogP contribution in [0.25, 0.3) is 22.6 Å². The van der Waals surface area contributed by atoms with Crippen molar-refractivity contribution in [3.63, 3.8) is 0 Å². The molecule has 3 N–H and O–H groups in total. The van der Waals surface area contributed by atoms with Crippen molar-refractivity contribution in [1.82, 2.24) is 15.0 Å². The van der Waals surface area contributed by atoms with Crippen LogP contribution < -0.4 is 10.5 Å². The van der Waals surface area contributed by atoms with E-state index in [4.69, 9.17) is 10.5 Å². The molecule has 96 valence electrons. The van der Waals surface area contributed by atoms with Gasteiger partial charge in [-0.25, -0.2) is 4.98 Å². The van der Waals surface area contributed by atoms with Crippen LogP contribution in [0.1, 0.15) is 5.56 Å². The van der Waals surface area contributed by atoms with Gasteiger partial charge in [-0.15, -0.1) is 0 Å². The minimum atomic E-state index is 0.555. The predicted octanol–water partition coefficient (Wildman–Crippen LogP) is 2.52. The molecule has 5 nitrogen and oxygen atoms in total. The van der Waals surface area contributed by atoms with Crippen LogP contribution in [0, 0.1) is 6.92 Å². The Morgan fingerprint density at radius 3 is 2.74 bits per heavy atom. The summed E-state index contributed by atoms with van der Waals surface area (Å²) >= 11 is 0. The van der Waals surface area contributed by atoms with Gasteiger partial charge in [-0.2, -0.15) is 4.98 Å². The normalized spacial score (nSPS) is 10.8. The van der Waals surface area contributed by atoms with E-state index < -0.39 is 0 Å². The maximum Gasteiger partial charge on any atom is 0.215 e. The maximum absolute atomic E-state index is 5.82. The molecular formula is C14H14N4O. The van der Waals surface area contributed by atoms with Crippen molar-refractivity contribution in [3.8, 4) is 17.3 Å². The molecule has 2 heterocycles. The number of hydrogen-bond donors (Lipinski definition) is 2. The Balaban J connectivity index is 2.11. The number of aromatic nitrogens is 3. The average Bonchev–Trinajstić information content (AvgIpc) is 2.84. The highest BCUT2D eigenvalue weighted by Gasteiger charge is 2.08. The van der Waals surface area contributed by atoms with E-state index in [1.54, 1.807) is 13.2 Å². The molecule has 5 heteroatoms. The SMILES string of the molecule is COc1ccc2[nH]c(-c3ccc(N)c(C)c3)nc2n1. The van der Waals surface area contributed by atoms with Gasteiger partial charge in [0.2, 0.25) is 5.88 Å². The van der Waals surface area contributed by atoms with Crippen molar-refractivity contribution in [2.75, 3.05) is 12.8 Å². The van der Waals surface area contributed by atoms with Gasteiger partial charge in [-0.05, 0) is 36.8 Å². The minimum Gasteiger partial charge on any atom is -0.481 e. The summed E-state index contributed by atoms with van der Waals surface area (Å²) in [5, 5.41) is 0. The molecule has 0 saturated heterocycles. The molecule has 0 amide bonds. The summed E-state index contributed by atoms with van der Waals surface area (Å²) < 4.78 is 5.09. The summed E-state index contributed by atoms with van der Waals surface area (Å²) in [6.45, 7) is 1.97. The van der Waals surface area contributed by atoms with E-state index >= 15 is 0 Å². The molecule has 0 bridgehead atoms. The van der Waals surface area contributed by atoms with E-state index in [0.717, 1.165) is 28.2 Å². The highest BCUT2D eigenvalue weighted by molar-refractivity contribution is 5.77. The number of hydrogen-bond acceptors (Lipinski definition) is 4. The van der Waals surface area contributed by atoms with Gasteiger partial charge in [-0.3, -0.25) is 0 Å². The third-order valence-electron chi connectivity index (χ3n) is 3.07. The van der Waals surface area contributed by atoms with Crippen LogP contribution in [-0.4, -0.2) is 22.1 Å². The summed E-state index contributed by atoms with van der Waals surface area (Å²) in [6.07, 6.45) is 0. The van der Waals surface area contributed by atoms with Crippen molar-refractivity contribution in [2.45, 2.75) is 6.92 Å². The molecule has 3 rings (SSSR count). The topological polar surface area (TPSA) is 76.8 Å². The first kappa shape index (κ1) is 11.5. The molecule has 0 atom stereocenters. The fourth-order valence-corrected chi connectivity index (χ4v) is 1.95. The largest absolute Gasteiger partial charge is 0.481 e. The van der Waals surface area contributed by atoms with E-state index in [9.17, 15) is 0 Å². The number of nitrogen functional groups attached to an aromatic ring is 1. The molecule has 0 fully saturated rings. The van der Waals surface area contributed by atoms with E-state index in [2.05, 4.69) is 15.0 Å². The number of benzene rings is 1. The molecule has 0 saturated carbocycles. The molecule has 1 aromatic carbocycles. The second kappa shape index (κ2) is 4.28. The molecule has 0 radical (unpaired) electrons. The Kier molecular flexibility index (Phi) is 2.59. The highest BCUT2D eigenvalue weighted by atomic mass is 16.5. The van der Waals surface area contributed by atoms with Crippen molar-refractivity contribution in [1.29, 1.82) is 0 Å². The molecule has 0 unspecified atom stereocenters. The van der Waals surface area contributed by atoms with Crippen LogP contribution in [0.3, 0.4) is 0 Å². The number of fused-ring (bicyclic) bond motifs is 1. The third kappa shape index (κ3) is 1.99. The van der Waals surface area contributed by atoms with Gasteiger partial charge in [0.1, 0.15) is 5.82 Å². The quantitative estimate of drug-likeness (QED) is 0.689. The highest BCUT2D eigenvalue weighted by Crippen LogP contribution is 2.23. The maximum atomic E-state index is 5.82. The Morgan fingerprint density at radius 1 is 1.16 bits per heavy atom. The number of nitrogens with zero attached hydrogens (tertiary/aromatic N) is 2. The molecule has 2 aromatic heterocycles. The summed E-state index contributed by atoms with van der Waals surface area (Å²) in [6, 6.07) is 9.54. The van der Waals surface area contributed by atoms with Gasteiger partial charge < -0.3 is 15.5 Å². The average molecular weight is 254 g/mol. The van der Waals surface area contributed by atoms with E-state index in [-0.39, 0.29) is 0 Å². The minimum absolute atomic E-state index is 0.555. The first-order valence-corrected chi connectivity index (χ1v) is 5.94. The van der Waals surface area contributed by atoms with Gasteiger partial charge >= 0.3 is 0 Å². The van der Waals surface area contributed by atoms with Crippen LogP contribution in [-0.2, 0) is 0 Å². The van der Waals surface area contributed by atoms with Crippen LogP contribution >= 0.6 is 0 Å². The molecule has 0 aliphatic carbocycles. The summed E-state index contributed by atoms with van der Waals surface area (Å²) in [4.78, 5) is 12.0. The Labute approximate surface area is 110 Å². The molecule has 0 aliphatic heterocycles. The standard InChI is InChI=1S/C14H14N4O/c1-8-7-9(3-4-10(8)15)13-16-11-5-6-12(19-2)17-14(11)18-13/h3-7H,15H2,1-2H3,(H,16,17,18). The first-order chi connectivity index (χ1) is 9.17. The van der Waals surface area contributed by atoms with Crippen LogP contribution in [0.2, 0.25) is 0 Å². The fourth-order valence-electron chi connectivity index (χ4n) is 1.95. The van der Waals surface area contributed by atoms with Gasteiger partial charge in [0.25, 0.3) is 0 Å². The lowest BCUT2D eigenvalue weighted by Gasteiger charge is -2.01. The lowest BCUT2D eigenvalue weighted by Crippen LogP contribution is -1.90. The number of rotatable bonds is 2. The van der Waals surface area contributed by atoms with E-state index in [0.29, 0.717) is 11.5 Å². The summed E-state index contributed by atoms with van der Waals surface area (Å²) in [5.74, 6) is 1.33. The Bertz CT molecular complexity index is 748. The Morgan fingerprint density at radius 2 is 2.00 bits per heavy atom. The van der Waals surface area contributed by atoms with Gasteiger partial charge in [0, 0.05) is 17.3 Å². The number of methoxy groups -OCH3 is 1. The number of anilines is 1. The smallest absolute Gasteiger partial charge is 0.215 e. The number of nitrogens with two attached hydrogens (primary N) is 1. The number of ether oxygens (including phenoxy) is 1. The summed E-state index contributed by atoms with van der Waals surface area (Å²) in [5.41, 5.74) is 10.1. The second-order valence-electron chi connectivity index (χ2n) is 4.38. The zero-order chi connectivity index (χ0) is 13.4. The third-order valence-corrected chi connectivity index (χ3v) is 3.07. The van der Waals surface area contributed by atoms with Crippen molar-refractivity contribution in [2.24, 2.45) is 0 Å². The summed E-state index contributed by atoms with van der Waals surface area (Å²) in [7, 11) is 1.59. The number of pyridine rings is 1. The molecular weight excluding hydrogens is 240 g/mol. The predicted molar refractivity (Wildman–Crippen MR) is 75.0 cm³/mol. The first-order valence-electron chi connectivity index (χ1n) is 5.94. The number of aryl methyl sites for hydroxylation is 1. The monoisotopic (exact) mass is 254 g/mol. The van der Waals surface area contributed by atoms with Crippen molar-refractivity contribution >= 4 is 16.9 Å². The van der Waals surface area contributed by atoms with Gasteiger partial charge in [-0.1, -0.05) is 0 Å². The number of aromatic amines is 1. The lowest BCUT2D eigenvalue weighted by molar-refractivity contribution is 0.399. The Hall–Kier alpha value is -2.56. The van der Waals surface area contributed by atoms with Gasteiger partial charge in [0.15, 0.2) is 5.65 Å². The molecule has 19 heavy (non-hydrogen) atoms. The van der Waals surface area contributed by atoms with Crippen LogP contribution in [0.5, 0.6) is 5.88 Å².